The third-order valence-corrected chi connectivity index (χ3v) is 10.0. The summed E-state index contributed by atoms with van der Waals surface area (Å²) < 4.78 is 4.80. The van der Waals surface area contributed by atoms with Crippen molar-refractivity contribution >= 4 is 35.7 Å². The molecule has 0 rings (SSSR count). The standard InChI is InChI=1S/C41H74N2O13/c1-4-7-9-11-13-15-17-19-21-23-25-42(34(45)27-40(54,38(50)51)29-36(47)48)31-33(44)32-43(26-24-22-20-18-16-14-12-10-8-5-2)35(46)28-41(55,39(52)53)30-37(49)56-6-3/h33,44,54-55H,4-32H2,1-3H3,(H,47,48)(H,50,51)(H,52,53). The van der Waals surface area contributed by atoms with Crippen LogP contribution >= 0.6 is 0 Å². The molecule has 3 unspecified atom stereocenters. The largest absolute Gasteiger partial charge is 0.481 e. The zero-order chi connectivity index (χ0) is 42.4. The summed E-state index contributed by atoms with van der Waals surface area (Å²) in [6, 6.07) is 0. The van der Waals surface area contributed by atoms with Crippen LogP contribution in [0.1, 0.15) is 175 Å². The van der Waals surface area contributed by atoms with Gasteiger partial charge in [0.2, 0.25) is 11.8 Å². The van der Waals surface area contributed by atoms with Gasteiger partial charge in [-0.15, -0.1) is 0 Å². The highest BCUT2D eigenvalue weighted by molar-refractivity contribution is 5.91. The molecule has 0 bridgehead atoms. The van der Waals surface area contributed by atoms with Gasteiger partial charge in [0.15, 0.2) is 11.2 Å². The fourth-order valence-electron chi connectivity index (χ4n) is 6.63. The molecular weight excluding hydrogens is 728 g/mol. The Labute approximate surface area is 334 Å². The highest BCUT2D eigenvalue weighted by atomic mass is 16.5. The molecule has 0 aromatic rings. The maximum atomic E-state index is 13.6. The van der Waals surface area contributed by atoms with E-state index < -0.39 is 85.2 Å². The molecule has 6 N–H and O–H groups in total. The molecular formula is C41H74N2O13. The summed E-state index contributed by atoms with van der Waals surface area (Å²) in [6.45, 7) is 5.15. The van der Waals surface area contributed by atoms with E-state index in [1.165, 1.54) is 63.2 Å². The number of hydrogen-bond acceptors (Lipinski definition) is 10. The Kier molecular flexibility index (Phi) is 29.0. The van der Waals surface area contributed by atoms with Crippen LogP contribution in [0.2, 0.25) is 0 Å². The van der Waals surface area contributed by atoms with Crippen molar-refractivity contribution in [3.05, 3.63) is 0 Å². The molecule has 56 heavy (non-hydrogen) atoms. The topological polar surface area (TPSA) is 240 Å². The van der Waals surface area contributed by atoms with Gasteiger partial charge in [-0.3, -0.25) is 19.2 Å². The smallest absolute Gasteiger partial charge is 0.336 e. The van der Waals surface area contributed by atoms with Crippen molar-refractivity contribution in [1.82, 2.24) is 9.80 Å². The van der Waals surface area contributed by atoms with Gasteiger partial charge in [-0.25, -0.2) is 9.59 Å². The number of aliphatic carboxylic acids is 3. The van der Waals surface area contributed by atoms with Crippen molar-refractivity contribution in [2.24, 2.45) is 0 Å². The summed E-state index contributed by atoms with van der Waals surface area (Å²) in [4.78, 5) is 76.7. The number of nitrogens with zero attached hydrogens (tertiary/aromatic N) is 2. The van der Waals surface area contributed by atoms with E-state index in [0.717, 1.165) is 69.1 Å². The van der Waals surface area contributed by atoms with Crippen LogP contribution < -0.4 is 0 Å². The molecule has 0 saturated heterocycles. The Balaban J connectivity index is 5.89. The van der Waals surface area contributed by atoms with E-state index in [4.69, 9.17) is 4.74 Å². The number of carboxylic acid groups (broad SMARTS) is 3. The lowest BCUT2D eigenvalue weighted by atomic mass is 9.94. The SMILES string of the molecule is CCCCCCCCCCCCN(CC(O)CN(CCCCCCCCCCCC)C(=O)CC(O)(CC(=O)OCC)C(=O)O)C(=O)CC(O)(CC(=O)O)C(=O)O. The molecule has 0 aliphatic rings. The molecule has 0 aliphatic heterocycles. The molecule has 0 heterocycles. The van der Waals surface area contributed by atoms with E-state index in [0.29, 0.717) is 12.8 Å². The van der Waals surface area contributed by atoms with Crippen molar-refractivity contribution < 1.29 is 64.1 Å². The van der Waals surface area contributed by atoms with E-state index in [-0.39, 0.29) is 26.2 Å². The first-order chi connectivity index (χ1) is 26.5. The molecule has 0 aromatic carbocycles. The highest BCUT2D eigenvalue weighted by Crippen LogP contribution is 2.22. The Bertz CT molecular complexity index is 1150. The van der Waals surface area contributed by atoms with Crippen molar-refractivity contribution in [3.63, 3.8) is 0 Å². The van der Waals surface area contributed by atoms with Crippen molar-refractivity contribution in [1.29, 1.82) is 0 Å². The number of esters is 1. The van der Waals surface area contributed by atoms with E-state index in [9.17, 15) is 59.4 Å². The summed E-state index contributed by atoms with van der Waals surface area (Å²) in [5.74, 6) is -8.03. The number of amides is 2. The first kappa shape index (κ1) is 52.7. The quantitative estimate of drug-likeness (QED) is 0.0328. The maximum Gasteiger partial charge on any atom is 0.336 e. The van der Waals surface area contributed by atoms with Crippen LogP contribution in [-0.4, -0.2) is 126 Å². The molecule has 2 amide bonds. The number of carbonyl (C=O) groups is 6. The number of hydrogen-bond donors (Lipinski definition) is 6. The third kappa shape index (κ3) is 24.4. The molecule has 15 heteroatoms. The maximum absolute atomic E-state index is 13.6. The number of carbonyl (C=O) groups excluding carboxylic acids is 3. The molecule has 0 radical (unpaired) electrons. The summed E-state index contributed by atoms with van der Waals surface area (Å²) in [5, 5.41) is 61.3. The summed E-state index contributed by atoms with van der Waals surface area (Å²) in [5.41, 5.74) is -5.66. The van der Waals surface area contributed by atoms with Gasteiger partial charge < -0.3 is 45.2 Å². The van der Waals surface area contributed by atoms with Crippen LogP contribution in [0.5, 0.6) is 0 Å². The summed E-state index contributed by atoms with van der Waals surface area (Å²) in [7, 11) is 0. The summed E-state index contributed by atoms with van der Waals surface area (Å²) in [6.07, 6.45) is 14.5. The number of ether oxygens (including phenoxy) is 1. The molecule has 15 nitrogen and oxygen atoms in total. The van der Waals surface area contributed by atoms with Gasteiger partial charge in [-0.2, -0.15) is 0 Å². The van der Waals surface area contributed by atoms with Crippen molar-refractivity contribution in [2.75, 3.05) is 32.8 Å². The fraction of sp³-hybridized carbons (Fsp3) is 0.854. The summed E-state index contributed by atoms with van der Waals surface area (Å²) >= 11 is 0. The highest BCUT2D eigenvalue weighted by Gasteiger charge is 2.43. The average Bonchev–Trinajstić information content (AvgIpc) is 3.11. The van der Waals surface area contributed by atoms with E-state index in [1.54, 1.807) is 0 Å². The zero-order valence-corrected chi connectivity index (χ0v) is 34.5. The van der Waals surface area contributed by atoms with Crippen LogP contribution in [0.3, 0.4) is 0 Å². The van der Waals surface area contributed by atoms with Crippen molar-refractivity contribution in [3.8, 4) is 0 Å². The second-order valence-corrected chi connectivity index (χ2v) is 15.3. The first-order valence-corrected chi connectivity index (χ1v) is 21.1. The van der Waals surface area contributed by atoms with Gasteiger partial charge in [0.1, 0.15) is 0 Å². The Morgan fingerprint density at radius 3 is 1.12 bits per heavy atom. The van der Waals surface area contributed by atoms with E-state index in [1.807, 2.05) is 0 Å². The number of aliphatic hydroxyl groups excluding tert-OH is 1. The average molecular weight is 803 g/mol. The minimum atomic E-state index is -2.89. The number of carboxylic acids is 3. The van der Waals surface area contributed by atoms with Crippen LogP contribution in [0.15, 0.2) is 0 Å². The third-order valence-electron chi connectivity index (χ3n) is 10.0. The molecule has 3 atom stereocenters. The lowest BCUT2D eigenvalue weighted by Gasteiger charge is -2.32. The van der Waals surface area contributed by atoms with Crippen LogP contribution in [0, 0.1) is 0 Å². The first-order valence-electron chi connectivity index (χ1n) is 21.1. The van der Waals surface area contributed by atoms with Gasteiger partial charge in [-0.1, -0.05) is 129 Å². The normalized spacial score (nSPS) is 14.0. The number of unbranched alkanes of at least 4 members (excludes halogenated alkanes) is 18. The minimum absolute atomic E-state index is 0.0615. The molecule has 0 saturated carbocycles. The second kappa shape index (κ2) is 30.8. The lowest BCUT2D eigenvalue weighted by molar-refractivity contribution is -0.171. The predicted octanol–water partition coefficient (Wildman–Crippen LogP) is 5.69. The Morgan fingerprint density at radius 1 is 0.500 bits per heavy atom. The van der Waals surface area contributed by atoms with Crippen LogP contribution in [0.4, 0.5) is 0 Å². The Morgan fingerprint density at radius 2 is 0.821 bits per heavy atom. The molecule has 326 valence electrons. The van der Waals surface area contributed by atoms with Crippen LogP contribution in [0.25, 0.3) is 0 Å². The van der Waals surface area contributed by atoms with E-state index in [2.05, 4.69) is 13.8 Å². The van der Waals surface area contributed by atoms with Gasteiger partial charge in [0.25, 0.3) is 0 Å². The minimum Gasteiger partial charge on any atom is -0.481 e. The van der Waals surface area contributed by atoms with Gasteiger partial charge in [0, 0.05) is 26.2 Å². The zero-order valence-electron chi connectivity index (χ0n) is 34.5. The van der Waals surface area contributed by atoms with Gasteiger partial charge in [-0.05, 0) is 19.8 Å². The van der Waals surface area contributed by atoms with Gasteiger partial charge >= 0.3 is 23.9 Å². The van der Waals surface area contributed by atoms with Crippen LogP contribution in [-0.2, 0) is 33.5 Å². The van der Waals surface area contributed by atoms with E-state index >= 15 is 0 Å². The Hall–Kier alpha value is -3.30. The molecule has 0 aliphatic carbocycles. The second-order valence-electron chi connectivity index (χ2n) is 15.3. The monoisotopic (exact) mass is 803 g/mol. The molecule has 0 fully saturated rings. The van der Waals surface area contributed by atoms with Crippen molar-refractivity contribution in [2.45, 2.75) is 192 Å². The fourth-order valence-corrected chi connectivity index (χ4v) is 6.63. The number of rotatable bonds is 37. The number of aliphatic hydroxyl groups is 3. The lowest BCUT2D eigenvalue weighted by Crippen LogP contribution is -2.50. The molecule has 0 aromatic heterocycles. The predicted molar refractivity (Wildman–Crippen MR) is 211 cm³/mol. The molecule has 0 spiro atoms. The van der Waals surface area contributed by atoms with Gasteiger partial charge in [0.05, 0.1) is 38.4 Å².